The molecule has 1 rings (SSSR count). The highest BCUT2D eigenvalue weighted by atomic mass is 16.6. The molecule has 8 nitrogen and oxygen atoms in total. The van der Waals surface area contributed by atoms with Gasteiger partial charge in [-0.3, -0.25) is 20.2 Å². The monoisotopic (exact) mass is 260 g/mol. The topological polar surface area (TPSA) is 134 Å². The number of rotatable bonds is 4. The van der Waals surface area contributed by atoms with Gasteiger partial charge in [-0.05, 0) is 6.42 Å². The molecule has 0 saturated heterocycles. The van der Waals surface area contributed by atoms with Crippen molar-refractivity contribution in [2.75, 3.05) is 0 Å². The lowest BCUT2D eigenvalue weighted by Gasteiger charge is -2.07. The molecule has 0 aliphatic carbocycles. The summed E-state index contributed by atoms with van der Waals surface area (Å²) in [5.41, 5.74) is -1.32. The lowest BCUT2D eigenvalue weighted by atomic mass is 9.96. The van der Waals surface area contributed by atoms with E-state index in [9.17, 15) is 20.2 Å². The smallest absolute Gasteiger partial charge is 0.258 e. The molecule has 0 spiro atoms. The predicted octanol–water partition coefficient (Wildman–Crippen LogP) is 2.00. The van der Waals surface area contributed by atoms with Gasteiger partial charge in [0.25, 0.3) is 11.4 Å². The molecule has 0 atom stereocenters. The van der Waals surface area contributed by atoms with Crippen molar-refractivity contribution >= 4 is 11.4 Å². The Morgan fingerprint density at radius 2 is 1.84 bits per heavy atom. The Hall–Kier alpha value is -3.00. The van der Waals surface area contributed by atoms with E-state index in [1.807, 2.05) is 0 Å². The Kier molecular flexibility index (Phi) is 4.11. The second kappa shape index (κ2) is 5.56. The number of benzene rings is 1. The van der Waals surface area contributed by atoms with Gasteiger partial charge in [0, 0.05) is 11.6 Å². The summed E-state index contributed by atoms with van der Waals surface area (Å²) in [6.45, 7) is 1.60. The fourth-order valence-corrected chi connectivity index (χ4v) is 1.84. The summed E-state index contributed by atoms with van der Waals surface area (Å²) in [5.74, 6) is 0. The van der Waals surface area contributed by atoms with Crippen LogP contribution in [0.1, 0.15) is 23.6 Å². The van der Waals surface area contributed by atoms with Gasteiger partial charge < -0.3 is 0 Å². The van der Waals surface area contributed by atoms with E-state index in [-0.39, 0.29) is 23.1 Å². The fourth-order valence-electron chi connectivity index (χ4n) is 1.84. The molecule has 0 fully saturated rings. The maximum atomic E-state index is 11.1. The number of nitro groups is 2. The van der Waals surface area contributed by atoms with Crippen LogP contribution in [0, 0.1) is 42.9 Å². The van der Waals surface area contributed by atoms with E-state index in [1.54, 1.807) is 19.1 Å². The normalized spacial score (nSPS) is 9.42. The van der Waals surface area contributed by atoms with Gasteiger partial charge in [0.1, 0.15) is 5.56 Å². The Morgan fingerprint density at radius 1 is 1.21 bits per heavy atom. The van der Waals surface area contributed by atoms with E-state index in [4.69, 9.17) is 10.5 Å². The lowest BCUT2D eigenvalue weighted by Crippen LogP contribution is -2.06. The van der Waals surface area contributed by atoms with Gasteiger partial charge in [-0.2, -0.15) is 10.5 Å². The zero-order valence-electron chi connectivity index (χ0n) is 9.91. The molecule has 8 heteroatoms. The quantitative estimate of drug-likeness (QED) is 0.600. The van der Waals surface area contributed by atoms with Crippen molar-refractivity contribution in [2.24, 2.45) is 0 Å². The maximum Gasteiger partial charge on any atom is 0.285 e. The first-order chi connectivity index (χ1) is 8.97. The number of nitriles is 2. The summed E-state index contributed by atoms with van der Waals surface area (Å²) in [4.78, 5) is 20.4. The van der Waals surface area contributed by atoms with Gasteiger partial charge in [-0.1, -0.05) is 6.92 Å². The third kappa shape index (κ3) is 2.48. The molecule has 0 radical (unpaired) electrons. The van der Waals surface area contributed by atoms with E-state index in [0.29, 0.717) is 0 Å². The molecular formula is C11H8N4O4. The third-order valence-corrected chi connectivity index (χ3v) is 2.60. The highest BCUT2D eigenvalue weighted by Crippen LogP contribution is 2.35. The van der Waals surface area contributed by atoms with Crippen LogP contribution in [0.3, 0.4) is 0 Å². The summed E-state index contributed by atoms with van der Waals surface area (Å²) in [7, 11) is 0. The minimum Gasteiger partial charge on any atom is -0.258 e. The molecule has 96 valence electrons. The molecule has 1 aromatic carbocycles. The SMILES string of the molecule is CCc1c(C#N)cc([N+](=O)[O-])c(CC#N)c1[N+](=O)[O-]. The van der Waals surface area contributed by atoms with Gasteiger partial charge in [-0.25, -0.2) is 0 Å². The molecule has 0 aliphatic heterocycles. The Balaban J connectivity index is 3.86. The minimum absolute atomic E-state index is 0.109. The van der Waals surface area contributed by atoms with E-state index >= 15 is 0 Å². The summed E-state index contributed by atoms with van der Waals surface area (Å²) in [5, 5.41) is 39.6. The van der Waals surface area contributed by atoms with Gasteiger partial charge in [0.2, 0.25) is 0 Å². The van der Waals surface area contributed by atoms with Gasteiger partial charge in [0.15, 0.2) is 0 Å². The number of nitrogens with zero attached hydrogens (tertiary/aromatic N) is 4. The van der Waals surface area contributed by atoms with Gasteiger partial charge >= 0.3 is 0 Å². The predicted molar refractivity (Wildman–Crippen MR) is 63.2 cm³/mol. The fraction of sp³-hybridized carbons (Fsp3) is 0.273. The highest BCUT2D eigenvalue weighted by Gasteiger charge is 2.30. The molecule has 1 aromatic rings. The average Bonchev–Trinajstić information content (AvgIpc) is 2.37. The van der Waals surface area contributed by atoms with Crippen molar-refractivity contribution < 1.29 is 9.85 Å². The van der Waals surface area contributed by atoms with Crippen LogP contribution in [-0.4, -0.2) is 9.85 Å². The van der Waals surface area contributed by atoms with Crippen molar-refractivity contribution in [3.63, 3.8) is 0 Å². The maximum absolute atomic E-state index is 11.1. The Morgan fingerprint density at radius 3 is 2.21 bits per heavy atom. The van der Waals surface area contributed by atoms with Gasteiger partial charge in [-0.15, -0.1) is 0 Å². The summed E-state index contributed by atoms with van der Waals surface area (Å²) in [6, 6.07) is 4.37. The molecular weight excluding hydrogens is 252 g/mol. The summed E-state index contributed by atoms with van der Waals surface area (Å²) in [6.07, 6.45) is -0.277. The molecule has 0 aliphatic rings. The zero-order chi connectivity index (χ0) is 14.6. The molecule has 0 amide bonds. The molecule has 0 aromatic heterocycles. The van der Waals surface area contributed by atoms with Crippen LogP contribution >= 0.6 is 0 Å². The first-order valence-electron chi connectivity index (χ1n) is 5.22. The second-order valence-electron chi connectivity index (χ2n) is 3.56. The van der Waals surface area contributed by atoms with E-state index in [0.717, 1.165) is 6.07 Å². The van der Waals surface area contributed by atoms with E-state index < -0.39 is 27.6 Å². The van der Waals surface area contributed by atoms with E-state index in [1.165, 1.54) is 0 Å². The summed E-state index contributed by atoms with van der Waals surface area (Å²) < 4.78 is 0. The molecule has 0 unspecified atom stereocenters. The molecule has 19 heavy (non-hydrogen) atoms. The third-order valence-electron chi connectivity index (χ3n) is 2.60. The van der Waals surface area contributed by atoms with Crippen LogP contribution in [0.4, 0.5) is 11.4 Å². The molecule has 0 bridgehead atoms. The molecule has 0 N–H and O–H groups in total. The van der Waals surface area contributed by atoms with Crippen LogP contribution in [0.5, 0.6) is 0 Å². The Labute approximate surface area is 107 Å². The van der Waals surface area contributed by atoms with Crippen LogP contribution in [0.15, 0.2) is 6.07 Å². The summed E-state index contributed by atoms with van der Waals surface area (Å²) >= 11 is 0. The van der Waals surface area contributed by atoms with E-state index in [2.05, 4.69) is 0 Å². The number of hydrogen-bond acceptors (Lipinski definition) is 6. The first kappa shape index (κ1) is 14.1. The Bertz CT molecular complexity index is 640. The van der Waals surface area contributed by atoms with Crippen LogP contribution in [-0.2, 0) is 12.8 Å². The molecule has 0 saturated carbocycles. The highest BCUT2D eigenvalue weighted by molar-refractivity contribution is 5.65. The molecule has 0 heterocycles. The second-order valence-corrected chi connectivity index (χ2v) is 3.56. The van der Waals surface area contributed by atoms with Crippen LogP contribution in [0.2, 0.25) is 0 Å². The lowest BCUT2D eigenvalue weighted by molar-refractivity contribution is -0.395. The van der Waals surface area contributed by atoms with Crippen LogP contribution in [0.25, 0.3) is 0 Å². The largest absolute Gasteiger partial charge is 0.285 e. The number of hydrogen-bond donors (Lipinski definition) is 0. The van der Waals surface area contributed by atoms with Crippen molar-refractivity contribution in [3.8, 4) is 12.1 Å². The number of nitro benzene ring substituents is 2. The van der Waals surface area contributed by atoms with Crippen molar-refractivity contribution in [1.82, 2.24) is 0 Å². The zero-order valence-corrected chi connectivity index (χ0v) is 9.91. The average molecular weight is 260 g/mol. The van der Waals surface area contributed by atoms with Crippen molar-refractivity contribution in [2.45, 2.75) is 19.8 Å². The minimum atomic E-state index is -0.819. The first-order valence-corrected chi connectivity index (χ1v) is 5.22. The van der Waals surface area contributed by atoms with Crippen molar-refractivity contribution in [3.05, 3.63) is 43.0 Å². The van der Waals surface area contributed by atoms with Gasteiger partial charge in [0.05, 0.1) is 34.0 Å². The van der Waals surface area contributed by atoms with Crippen molar-refractivity contribution in [1.29, 1.82) is 10.5 Å². The van der Waals surface area contributed by atoms with Crippen LogP contribution < -0.4 is 0 Å². The standard InChI is InChI=1S/C11H8N4O4/c1-2-8-7(6-13)5-10(14(16)17)9(3-4-12)11(8)15(18)19/h5H,2-3H2,1H3.